The highest BCUT2D eigenvalue weighted by molar-refractivity contribution is 5.35. The zero-order valence-corrected chi connectivity index (χ0v) is 10.7. The van der Waals surface area contributed by atoms with E-state index in [1.54, 1.807) is 0 Å². The van der Waals surface area contributed by atoms with Crippen molar-refractivity contribution in [3.8, 4) is 11.8 Å². The molecule has 2 atom stereocenters. The van der Waals surface area contributed by atoms with Crippen LogP contribution in [0.15, 0.2) is 24.3 Å². The molecule has 3 nitrogen and oxygen atoms in total. The van der Waals surface area contributed by atoms with Gasteiger partial charge < -0.3 is 4.74 Å². The van der Waals surface area contributed by atoms with Crippen molar-refractivity contribution >= 4 is 0 Å². The predicted octanol–water partition coefficient (Wildman–Crippen LogP) is 2.23. The molecule has 3 heteroatoms. The number of likely N-dealkylation sites (tertiary alicyclic amines) is 1. The minimum absolute atomic E-state index is 0.170. The van der Waals surface area contributed by atoms with Crippen LogP contribution in [-0.2, 0) is 6.42 Å². The topological polar surface area (TPSA) is 36.3 Å². The first-order valence-corrected chi connectivity index (χ1v) is 6.56. The summed E-state index contributed by atoms with van der Waals surface area (Å²) in [4.78, 5) is 2.42. The Labute approximate surface area is 108 Å². The van der Waals surface area contributed by atoms with Crippen molar-refractivity contribution in [2.24, 2.45) is 5.41 Å². The Balaban J connectivity index is 1.72. The van der Waals surface area contributed by atoms with Crippen molar-refractivity contribution in [3.63, 3.8) is 0 Å². The summed E-state index contributed by atoms with van der Waals surface area (Å²) < 4.78 is 5.83. The zero-order valence-electron chi connectivity index (χ0n) is 10.7. The highest BCUT2D eigenvalue weighted by Gasteiger charge is 2.38. The van der Waals surface area contributed by atoms with E-state index < -0.39 is 0 Å². The molecule has 2 aliphatic rings. The van der Waals surface area contributed by atoms with Gasteiger partial charge in [-0.25, -0.2) is 0 Å². The molecule has 1 aromatic carbocycles. The van der Waals surface area contributed by atoms with Crippen molar-refractivity contribution in [2.75, 3.05) is 19.7 Å². The summed E-state index contributed by atoms with van der Waals surface area (Å²) >= 11 is 0. The van der Waals surface area contributed by atoms with Crippen LogP contribution in [0.1, 0.15) is 18.9 Å². The second-order valence-corrected chi connectivity index (χ2v) is 5.67. The van der Waals surface area contributed by atoms with Gasteiger partial charge in [-0.2, -0.15) is 5.26 Å². The van der Waals surface area contributed by atoms with Gasteiger partial charge in [-0.15, -0.1) is 0 Å². The normalized spacial score (nSPS) is 31.4. The summed E-state index contributed by atoms with van der Waals surface area (Å²) in [6.45, 7) is 4.70. The molecule has 2 unspecified atom stereocenters. The lowest BCUT2D eigenvalue weighted by Gasteiger charge is -2.32. The second-order valence-electron chi connectivity index (χ2n) is 5.67. The third-order valence-corrected chi connectivity index (χ3v) is 4.15. The van der Waals surface area contributed by atoms with Gasteiger partial charge in [-0.1, -0.05) is 18.2 Å². The molecule has 0 saturated carbocycles. The third-order valence-electron chi connectivity index (χ3n) is 4.15. The summed E-state index contributed by atoms with van der Waals surface area (Å²) in [7, 11) is 0. The fraction of sp³-hybridized carbons (Fsp3) is 0.533. The predicted molar refractivity (Wildman–Crippen MR) is 69.3 cm³/mol. The molecule has 0 bridgehead atoms. The number of hydrogen-bond donors (Lipinski definition) is 0. The Kier molecular flexibility index (Phi) is 2.76. The quantitative estimate of drug-likeness (QED) is 0.757. The number of hydrogen-bond acceptors (Lipinski definition) is 3. The fourth-order valence-electron chi connectivity index (χ4n) is 2.95. The van der Waals surface area contributed by atoms with Crippen molar-refractivity contribution in [1.82, 2.24) is 4.90 Å². The lowest BCUT2D eigenvalue weighted by Crippen LogP contribution is -2.42. The molecule has 94 valence electrons. The number of ether oxygens (including phenoxy) is 1. The SMILES string of the molecule is CC1(C#N)CCN(C2COc3ccccc3C2)C1. The zero-order chi connectivity index (χ0) is 12.6. The molecule has 1 aromatic rings. The molecule has 0 aromatic heterocycles. The number of para-hydroxylation sites is 1. The second kappa shape index (κ2) is 4.29. The standard InChI is InChI=1S/C15H18N2O/c1-15(10-16)6-7-17(11-15)13-8-12-4-2-3-5-14(12)18-9-13/h2-5,13H,6-9,11H2,1H3. The Hall–Kier alpha value is -1.53. The van der Waals surface area contributed by atoms with Gasteiger partial charge in [0.1, 0.15) is 12.4 Å². The molecular formula is C15H18N2O. The molecule has 2 heterocycles. The van der Waals surface area contributed by atoms with E-state index in [0.717, 1.165) is 38.3 Å². The van der Waals surface area contributed by atoms with Gasteiger partial charge in [0.15, 0.2) is 0 Å². The van der Waals surface area contributed by atoms with Gasteiger partial charge in [0.2, 0.25) is 0 Å². The first-order valence-electron chi connectivity index (χ1n) is 6.56. The van der Waals surface area contributed by atoms with Crippen molar-refractivity contribution < 1.29 is 4.74 Å². The average molecular weight is 242 g/mol. The minimum atomic E-state index is -0.170. The number of nitrogens with zero attached hydrogens (tertiary/aromatic N) is 2. The van der Waals surface area contributed by atoms with E-state index in [9.17, 15) is 5.26 Å². The molecule has 0 amide bonds. The van der Waals surface area contributed by atoms with Gasteiger partial charge in [-0.3, -0.25) is 4.90 Å². The maximum absolute atomic E-state index is 9.19. The molecule has 3 rings (SSSR count). The van der Waals surface area contributed by atoms with Gasteiger partial charge in [-0.05, 0) is 31.4 Å². The largest absolute Gasteiger partial charge is 0.492 e. The number of benzene rings is 1. The summed E-state index contributed by atoms with van der Waals surface area (Å²) in [6, 6.07) is 11.1. The Morgan fingerprint density at radius 1 is 1.44 bits per heavy atom. The summed E-state index contributed by atoms with van der Waals surface area (Å²) in [5.74, 6) is 1.02. The van der Waals surface area contributed by atoms with Crippen LogP contribution in [0, 0.1) is 16.7 Å². The molecule has 2 aliphatic heterocycles. The first-order chi connectivity index (χ1) is 8.70. The monoisotopic (exact) mass is 242 g/mol. The van der Waals surface area contributed by atoms with E-state index in [2.05, 4.69) is 30.0 Å². The van der Waals surface area contributed by atoms with Crippen LogP contribution in [0.4, 0.5) is 0 Å². The van der Waals surface area contributed by atoms with Crippen LogP contribution in [0.25, 0.3) is 0 Å². The van der Waals surface area contributed by atoms with Crippen LogP contribution in [0.2, 0.25) is 0 Å². The van der Waals surface area contributed by atoms with Crippen LogP contribution >= 0.6 is 0 Å². The maximum Gasteiger partial charge on any atom is 0.122 e. The van der Waals surface area contributed by atoms with Crippen LogP contribution in [0.3, 0.4) is 0 Å². The number of rotatable bonds is 1. The van der Waals surface area contributed by atoms with Crippen molar-refractivity contribution in [2.45, 2.75) is 25.8 Å². The van der Waals surface area contributed by atoms with Crippen molar-refractivity contribution in [3.05, 3.63) is 29.8 Å². The Morgan fingerprint density at radius 2 is 2.28 bits per heavy atom. The smallest absolute Gasteiger partial charge is 0.122 e. The van der Waals surface area contributed by atoms with E-state index in [0.29, 0.717) is 6.04 Å². The highest BCUT2D eigenvalue weighted by Crippen LogP contribution is 2.33. The van der Waals surface area contributed by atoms with E-state index >= 15 is 0 Å². The van der Waals surface area contributed by atoms with Gasteiger partial charge in [0, 0.05) is 19.1 Å². The molecule has 0 radical (unpaired) electrons. The average Bonchev–Trinajstić information content (AvgIpc) is 2.82. The van der Waals surface area contributed by atoms with Crippen LogP contribution in [0.5, 0.6) is 5.75 Å². The lowest BCUT2D eigenvalue weighted by molar-refractivity contribution is 0.135. The molecule has 18 heavy (non-hydrogen) atoms. The summed E-state index contributed by atoms with van der Waals surface area (Å²) in [5.41, 5.74) is 1.12. The van der Waals surface area contributed by atoms with Gasteiger partial charge in [0.25, 0.3) is 0 Å². The summed E-state index contributed by atoms with van der Waals surface area (Å²) in [6.07, 6.45) is 2.01. The molecular weight excluding hydrogens is 224 g/mol. The Bertz CT molecular complexity index is 494. The molecule has 0 N–H and O–H groups in total. The highest BCUT2D eigenvalue weighted by atomic mass is 16.5. The van der Waals surface area contributed by atoms with Crippen LogP contribution < -0.4 is 4.74 Å². The van der Waals surface area contributed by atoms with Gasteiger partial charge in [0.05, 0.1) is 11.5 Å². The van der Waals surface area contributed by atoms with E-state index in [-0.39, 0.29) is 5.41 Å². The maximum atomic E-state index is 9.19. The molecule has 1 saturated heterocycles. The van der Waals surface area contributed by atoms with Crippen molar-refractivity contribution in [1.29, 1.82) is 5.26 Å². The third kappa shape index (κ3) is 1.97. The molecule has 0 aliphatic carbocycles. The van der Waals surface area contributed by atoms with E-state index in [4.69, 9.17) is 4.74 Å². The molecule has 1 fully saturated rings. The van der Waals surface area contributed by atoms with E-state index in [1.165, 1.54) is 5.56 Å². The Morgan fingerprint density at radius 3 is 3.06 bits per heavy atom. The first kappa shape index (κ1) is 11.6. The number of fused-ring (bicyclic) bond motifs is 1. The number of nitriles is 1. The molecule has 0 spiro atoms. The minimum Gasteiger partial charge on any atom is -0.492 e. The summed E-state index contributed by atoms with van der Waals surface area (Å²) in [5, 5.41) is 9.19. The van der Waals surface area contributed by atoms with Crippen LogP contribution in [-0.4, -0.2) is 30.6 Å². The lowest BCUT2D eigenvalue weighted by atomic mass is 9.92. The van der Waals surface area contributed by atoms with E-state index in [1.807, 2.05) is 12.1 Å². The fourth-order valence-corrected chi connectivity index (χ4v) is 2.95. The van der Waals surface area contributed by atoms with Gasteiger partial charge >= 0.3 is 0 Å².